The molecule has 1 aliphatic rings. The molecule has 0 nitrogen and oxygen atoms in total. The van der Waals surface area contributed by atoms with Gasteiger partial charge in [-0.1, -0.05) is 28.1 Å². The van der Waals surface area contributed by atoms with Gasteiger partial charge in [-0.05, 0) is 12.3 Å². The van der Waals surface area contributed by atoms with Gasteiger partial charge in [0.1, 0.15) is 0 Å². The van der Waals surface area contributed by atoms with E-state index in [2.05, 4.69) is 22.5 Å². The molecule has 1 aliphatic carbocycles. The fraction of sp³-hybridized carbons (Fsp3) is 0.600. The molecule has 0 aliphatic heterocycles. The summed E-state index contributed by atoms with van der Waals surface area (Å²) in [5.41, 5.74) is 1.41. The van der Waals surface area contributed by atoms with E-state index < -0.39 is 0 Å². The van der Waals surface area contributed by atoms with Crippen LogP contribution in [0.15, 0.2) is 12.2 Å². The summed E-state index contributed by atoms with van der Waals surface area (Å²) in [5.74, 6) is 0.824. The molecule has 0 radical (unpaired) electrons. The molecule has 34 valence electrons. The van der Waals surface area contributed by atoms with Crippen molar-refractivity contribution in [2.24, 2.45) is 5.92 Å². The van der Waals surface area contributed by atoms with Crippen molar-refractivity contribution in [3.63, 3.8) is 0 Å². The number of hydrogen-bond donors (Lipinski definition) is 0. The zero-order valence-corrected chi connectivity index (χ0v) is 5.16. The average Bonchev–Trinajstić information content (AvgIpc) is 2.19. The molecule has 1 atom stereocenters. The Morgan fingerprint density at radius 2 is 2.50 bits per heavy atom. The number of rotatable bonds is 1. The third-order valence-electron chi connectivity index (χ3n) is 1.11. The Labute approximate surface area is 46.4 Å². The zero-order chi connectivity index (χ0) is 4.57. The van der Waals surface area contributed by atoms with Crippen molar-refractivity contribution >= 4 is 15.9 Å². The summed E-state index contributed by atoms with van der Waals surface area (Å²) in [7, 11) is 0. The van der Waals surface area contributed by atoms with Gasteiger partial charge in [0, 0.05) is 5.33 Å². The highest BCUT2D eigenvalue weighted by molar-refractivity contribution is 9.09. The molecule has 6 heavy (non-hydrogen) atoms. The smallest absolute Gasteiger partial charge is 0.00999 e. The van der Waals surface area contributed by atoms with Crippen molar-refractivity contribution in [1.82, 2.24) is 0 Å². The van der Waals surface area contributed by atoms with E-state index in [0.29, 0.717) is 0 Å². The van der Waals surface area contributed by atoms with Crippen LogP contribution >= 0.6 is 15.9 Å². The number of hydrogen-bond acceptors (Lipinski definition) is 0. The first kappa shape index (κ1) is 4.38. The lowest BCUT2D eigenvalue weighted by molar-refractivity contribution is 1.05. The lowest BCUT2D eigenvalue weighted by atomic mass is 10.5. The average molecular weight is 147 g/mol. The van der Waals surface area contributed by atoms with Gasteiger partial charge < -0.3 is 0 Å². The molecule has 0 unspecified atom stereocenters. The molecule has 0 spiro atoms. The van der Waals surface area contributed by atoms with E-state index in [1.807, 2.05) is 0 Å². The minimum Gasteiger partial charge on any atom is -0.0995 e. The Morgan fingerprint density at radius 1 is 2.00 bits per heavy atom. The Kier molecular flexibility index (Phi) is 1.00. The molecule has 1 rings (SSSR count). The Bertz CT molecular complexity index is 76.0. The summed E-state index contributed by atoms with van der Waals surface area (Å²) < 4.78 is 0. The Hall–Kier alpha value is 0.220. The topological polar surface area (TPSA) is 0 Å². The van der Waals surface area contributed by atoms with Crippen molar-refractivity contribution in [2.75, 3.05) is 5.33 Å². The first-order valence-corrected chi connectivity index (χ1v) is 3.20. The van der Waals surface area contributed by atoms with E-state index in [9.17, 15) is 0 Å². The second kappa shape index (κ2) is 1.38. The van der Waals surface area contributed by atoms with Gasteiger partial charge in [-0.15, -0.1) is 0 Å². The number of allylic oxidation sites excluding steroid dienone is 1. The van der Waals surface area contributed by atoms with Crippen molar-refractivity contribution in [2.45, 2.75) is 6.42 Å². The predicted octanol–water partition coefficient (Wildman–Crippen LogP) is 1.96. The zero-order valence-electron chi connectivity index (χ0n) is 3.58. The maximum Gasteiger partial charge on any atom is 0.00999 e. The van der Waals surface area contributed by atoms with Gasteiger partial charge in [0.2, 0.25) is 0 Å². The van der Waals surface area contributed by atoms with Crippen LogP contribution in [-0.4, -0.2) is 5.33 Å². The summed E-state index contributed by atoms with van der Waals surface area (Å²) in [4.78, 5) is 0. The largest absolute Gasteiger partial charge is 0.0995 e. The first-order chi connectivity index (χ1) is 2.84. The van der Waals surface area contributed by atoms with Crippen LogP contribution in [0.1, 0.15) is 6.42 Å². The van der Waals surface area contributed by atoms with Gasteiger partial charge in [-0.3, -0.25) is 0 Å². The van der Waals surface area contributed by atoms with Crippen LogP contribution in [0.3, 0.4) is 0 Å². The molecule has 0 saturated heterocycles. The Balaban J connectivity index is 2.26. The van der Waals surface area contributed by atoms with Crippen LogP contribution in [0.2, 0.25) is 0 Å². The SMILES string of the molecule is C=C1C[C@H]1CBr. The molecule has 0 bridgehead atoms. The number of halogens is 1. The Morgan fingerprint density at radius 3 is 2.50 bits per heavy atom. The van der Waals surface area contributed by atoms with Crippen molar-refractivity contribution in [1.29, 1.82) is 0 Å². The number of alkyl halides is 1. The molecule has 0 aromatic heterocycles. The van der Waals surface area contributed by atoms with E-state index >= 15 is 0 Å². The highest BCUT2D eigenvalue weighted by Gasteiger charge is 2.24. The molecular weight excluding hydrogens is 140 g/mol. The second-order valence-electron chi connectivity index (χ2n) is 1.71. The summed E-state index contributed by atoms with van der Waals surface area (Å²) >= 11 is 3.36. The molecule has 0 heterocycles. The summed E-state index contributed by atoms with van der Waals surface area (Å²) in [5, 5.41) is 1.12. The monoisotopic (exact) mass is 146 g/mol. The van der Waals surface area contributed by atoms with Crippen LogP contribution in [0.5, 0.6) is 0 Å². The predicted molar refractivity (Wildman–Crippen MR) is 31.0 cm³/mol. The summed E-state index contributed by atoms with van der Waals surface area (Å²) in [6.45, 7) is 3.79. The van der Waals surface area contributed by atoms with Crippen LogP contribution in [0.25, 0.3) is 0 Å². The summed E-state index contributed by atoms with van der Waals surface area (Å²) in [6.07, 6.45) is 1.26. The summed E-state index contributed by atoms with van der Waals surface area (Å²) in [6, 6.07) is 0. The highest BCUT2D eigenvalue weighted by atomic mass is 79.9. The molecule has 0 N–H and O–H groups in total. The van der Waals surface area contributed by atoms with Crippen LogP contribution in [0.4, 0.5) is 0 Å². The normalized spacial score (nSPS) is 30.8. The molecule has 0 amide bonds. The van der Waals surface area contributed by atoms with Gasteiger partial charge in [-0.2, -0.15) is 0 Å². The van der Waals surface area contributed by atoms with E-state index in [1.54, 1.807) is 0 Å². The highest BCUT2D eigenvalue weighted by Crippen LogP contribution is 2.36. The van der Waals surface area contributed by atoms with Crippen LogP contribution in [0, 0.1) is 5.92 Å². The van der Waals surface area contributed by atoms with Crippen LogP contribution in [-0.2, 0) is 0 Å². The maximum atomic E-state index is 3.79. The minimum absolute atomic E-state index is 0.824. The van der Waals surface area contributed by atoms with Gasteiger partial charge in [-0.25, -0.2) is 0 Å². The quantitative estimate of drug-likeness (QED) is 0.392. The second-order valence-corrected chi connectivity index (χ2v) is 2.36. The third kappa shape index (κ3) is 0.648. The molecule has 1 saturated carbocycles. The van der Waals surface area contributed by atoms with E-state index in [4.69, 9.17) is 0 Å². The standard InChI is InChI=1S/C5H7Br/c1-4-2-5(4)3-6/h5H,1-3H2/t5-/m0/s1. The molecule has 1 fully saturated rings. The molecular formula is C5H7Br. The van der Waals surface area contributed by atoms with Crippen molar-refractivity contribution in [3.8, 4) is 0 Å². The molecule has 0 aromatic carbocycles. The third-order valence-corrected chi connectivity index (χ3v) is 1.89. The van der Waals surface area contributed by atoms with E-state index in [0.717, 1.165) is 11.2 Å². The lowest BCUT2D eigenvalue weighted by Crippen LogP contribution is -1.68. The van der Waals surface area contributed by atoms with Gasteiger partial charge in [0.05, 0.1) is 0 Å². The van der Waals surface area contributed by atoms with Gasteiger partial charge >= 0.3 is 0 Å². The van der Waals surface area contributed by atoms with Crippen molar-refractivity contribution in [3.05, 3.63) is 12.2 Å². The van der Waals surface area contributed by atoms with Gasteiger partial charge in [0.25, 0.3) is 0 Å². The lowest BCUT2D eigenvalue weighted by Gasteiger charge is -1.72. The fourth-order valence-corrected chi connectivity index (χ4v) is 1.11. The van der Waals surface area contributed by atoms with Crippen LogP contribution < -0.4 is 0 Å². The first-order valence-electron chi connectivity index (χ1n) is 2.08. The maximum absolute atomic E-state index is 3.79. The van der Waals surface area contributed by atoms with Gasteiger partial charge in [0.15, 0.2) is 0 Å². The van der Waals surface area contributed by atoms with E-state index in [-0.39, 0.29) is 0 Å². The minimum atomic E-state index is 0.824. The molecule has 0 aromatic rings. The van der Waals surface area contributed by atoms with Crippen molar-refractivity contribution < 1.29 is 0 Å². The fourth-order valence-electron chi connectivity index (χ4n) is 0.421. The van der Waals surface area contributed by atoms with E-state index in [1.165, 1.54) is 12.0 Å². The molecule has 1 heteroatoms.